The van der Waals surface area contributed by atoms with Crippen LogP contribution in [-0.4, -0.2) is 54.6 Å². The topological polar surface area (TPSA) is 32.6 Å². The van der Waals surface area contributed by atoms with Gasteiger partial charge in [0, 0.05) is 12.8 Å². The third-order valence-corrected chi connectivity index (χ3v) is 8.62. The molecule has 0 saturated carbocycles. The van der Waals surface area contributed by atoms with Gasteiger partial charge in [-0.2, -0.15) is 0 Å². The minimum atomic E-state index is -0.00322. The molecule has 1 aliphatic rings. The van der Waals surface area contributed by atoms with Crippen LogP contribution >= 0.6 is 0 Å². The van der Waals surface area contributed by atoms with Gasteiger partial charge in [-0.25, -0.2) is 0 Å². The quantitative estimate of drug-likeness (QED) is 0.0535. The third-order valence-electron chi connectivity index (χ3n) is 8.62. The van der Waals surface area contributed by atoms with Crippen LogP contribution in [0.5, 0.6) is 0 Å². The molecular formula is C35H69ClN2O2. The van der Waals surface area contributed by atoms with Gasteiger partial charge in [-0.1, -0.05) is 155 Å². The summed E-state index contributed by atoms with van der Waals surface area (Å²) in [6, 6.07) is 0. The van der Waals surface area contributed by atoms with Gasteiger partial charge in [0.25, 0.3) is 0 Å². The Hall–Kier alpha value is -0.770. The molecule has 0 atom stereocenters. The molecule has 0 aromatic carbocycles. The maximum absolute atomic E-state index is 12.2. The fourth-order valence-corrected chi connectivity index (χ4v) is 5.94. The number of carbonyl (C=O) groups is 1. The SMILES string of the molecule is CCCCCCCCCCCCCCCC1=[N+](CCOC(=O)CCCCCCCCCCCCC)CCN1C.[Cl-]. The fraction of sp³-hybridized carbons (Fsp3) is 0.943. The highest BCUT2D eigenvalue weighted by atomic mass is 35.5. The third kappa shape index (κ3) is 22.9. The van der Waals surface area contributed by atoms with E-state index in [1.54, 1.807) is 0 Å². The van der Waals surface area contributed by atoms with Gasteiger partial charge in [0.15, 0.2) is 0 Å². The molecule has 4 nitrogen and oxygen atoms in total. The van der Waals surface area contributed by atoms with Gasteiger partial charge >= 0.3 is 5.97 Å². The Balaban J connectivity index is 0.0000152. The van der Waals surface area contributed by atoms with Crippen molar-refractivity contribution in [3.63, 3.8) is 0 Å². The molecular weight excluding hydrogens is 516 g/mol. The van der Waals surface area contributed by atoms with Crippen molar-refractivity contribution in [1.82, 2.24) is 4.90 Å². The van der Waals surface area contributed by atoms with E-state index in [4.69, 9.17) is 4.74 Å². The summed E-state index contributed by atoms with van der Waals surface area (Å²) in [5, 5.41) is 0. The standard InChI is InChI=1S/C35H69N2O2.ClH/c1-4-6-8-10-12-14-16-17-19-20-22-24-26-28-34-36(3)30-31-37(34)32-33-39-35(38)29-27-25-23-21-18-15-13-11-9-7-5-2;/h4-33H2,1-3H3;1H/q+1;/p-1. The first-order valence-electron chi connectivity index (χ1n) is 17.7. The summed E-state index contributed by atoms with van der Waals surface area (Å²) in [5.74, 6) is 1.45. The largest absolute Gasteiger partial charge is 1.00 e. The zero-order valence-electron chi connectivity index (χ0n) is 27.3. The first-order chi connectivity index (χ1) is 19.2. The fourth-order valence-electron chi connectivity index (χ4n) is 5.94. The van der Waals surface area contributed by atoms with Crippen LogP contribution in [0.15, 0.2) is 0 Å². The van der Waals surface area contributed by atoms with Crippen molar-refractivity contribution in [2.45, 2.75) is 181 Å². The summed E-state index contributed by atoms with van der Waals surface area (Å²) >= 11 is 0. The molecule has 0 amide bonds. The number of unbranched alkanes of at least 4 members (excludes halogenated alkanes) is 22. The van der Waals surface area contributed by atoms with Crippen LogP contribution in [0.2, 0.25) is 0 Å². The minimum absolute atomic E-state index is 0. The van der Waals surface area contributed by atoms with Gasteiger partial charge < -0.3 is 17.1 Å². The van der Waals surface area contributed by atoms with E-state index >= 15 is 0 Å². The first-order valence-corrected chi connectivity index (χ1v) is 17.7. The molecule has 0 fully saturated rings. The van der Waals surface area contributed by atoms with Crippen LogP contribution in [-0.2, 0) is 9.53 Å². The maximum atomic E-state index is 12.2. The van der Waals surface area contributed by atoms with Crippen LogP contribution in [0, 0.1) is 0 Å². The van der Waals surface area contributed by atoms with Crippen LogP contribution in [0.3, 0.4) is 0 Å². The van der Waals surface area contributed by atoms with Gasteiger partial charge in [0.1, 0.15) is 26.2 Å². The van der Waals surface area contributed by atoms with Crippen molar-refractivity contribution in [2.24, 2.45) is 0 Å². The second kappa shape index (κ2) is 29.7. The van der Waals surface area contributed by atoms with Gasteiger partial charge in [-0.15, -0.1) is 0 Å². The zero-order chi connectivity index (χ0) is 28.2. The van der Waals surface area contributed by atoms with Gasteiger partial charge in [0.05, 0.1) is 7.05 Å². The van der Waals surface area contributed by atoms with E-state index in [0.29, 0.717) is 13.0 Å². The Morgan fingerprint density at radius 1 is 0.650 bits per heavy atom. The number of amidine groups is 1. The lowest BCUT2D eigenvalue weighted by atomic mass is 10.0. The number of nitrogens with zero attached hydrogens (tertiary/aromatic N) is 2. The lowest BCUT2D eigenvalue weighted by Crippen LogP contribution is -3.00. The van der Waals surface area contributed by atoms with Gasteiger partial charge in [0.2, 0.25) is 5.84 Å². The van der Waals surface area contributed by atoms with Crippen molar-refractivity contribution in [3.05, 3.63) is 0 Å². The molecule has 0 aromatic heterocycles. The highest BCUT2D eigenvalue weighted by Crippen LogP contribution is 2.15. The van der Waals surface area contributed by atoms with Crippen molar-refractivity contribution >= 4 is 11.8 Å². The Labute approximate surface area is 256 Å². The number of hydrogen-bond donors (Lipinski definition) is 0. The second-order valence-corrected chi connectivity index (χ2v) is 12.3. The second-order valence-electron chi connectivity index (χ2n) is 12.3. The molecule has 0 spiro atoms. The normalized spacial score (nSPS) is 13.2. The Bertz CT molecular complexity index is 596. The lowest BCUT2D eigenvalue weighted by molar-refractivity contribution is -0.521. The Morgan fingerprint density at radius 3 is 1.50 bits per heavy atom. The van der Waals surface area contributed by atoms with E-state index in [-0.39, 0.29) is 18.4 Å². The van der Waals surface area contributed by atoms with Crippen molar-refractivity contribution in [1.29, 1.82) is 0 Å². The number of likely N-dealkylation sites (N-methyl/N-ethyl adjacent to an activating group) is 1. The van der Waals surface area contributed by atoms with E-state index < -0.39 is 0 Å². The molecule has 1 aliphatic heterocycles. The predicted octanol–water partition coefficient (Wildman–Crippen LogP) is 7.07. The molecule has 0 radical (unpaired) electrons. The summed E-state index contributed by atoms with van der Waals surface area (Å²) in [4.78, 5) is 14.6. The lowest BCUT2D eigenvalue weighted by Gasteiger charge is -2.09. The summed E-state index contributed by atoms with van der Waals surface area (Å²) in [6.07, 6.45) is 34.4. The number of carbonyl (C=O) groups excluding carboxylic acids is 1. The summed E-state index contributed by atoms with van der Waals surface area (Å²) < 4.78 is 8.04. The van der Waals surface area contributed by atoms with Crippen molar-refractivity contribution in [3.8, 4) is 0 Å². The number of rotatable bonds is 29. The Kier molecular flexibility index (Phi) is 29.1. The average molecular weight is 585 g/mol. The van der Waals surface area contributed by atoms with E-state index in [9.17, 15) is 4.79 Å². The van der Waals surface area contributed by atoms with Crippen LogP contribution in [0.25, 0.3) is 0 Å². The average Bonchev–Trinajstić information content (AvgIpc) is 3.28. The summed E-state index contributed by atoms with van der Waals surface area (Å²) in [7, 11) is 2.22. The molecule has 1 rings (SSSR count). The van der Waals surface area contributed by atoms with E-state index in [1.165, 1.54) is 160 Å². The van der Waals surface area contributed by atoms with Crippen LogP contribution in [0.1, 0.15) is 181 Å². The molecule has 40 heavy (non-hydrogen) atoms. The molecule has 238 valence electrons. The minimum Gasteiger partial charge on any atom is -1.00 e. The van der Waals surface area contributed by atoms with Crippen molar-refractivity contribution < 1.29 is 26.5 Å². The van der Waals surface area contributed by atoms with Gasteiger partial charge in [-0.05, 0) is 12.8 Å². The number of esters is 1. The monoisotopic (exact) mass is 585 g/mol. The molecule has 5 heteroatoms. The predicted molar refractivity (Wildman–Crippen MR) is 170 cm³/mol. The van der Waals surface area contributed by atoms with Crippen LogP contribution in [0.4, 0.5) is 0 Å². The highest BCUT2D eigenvalue weighted by molar-refractivity contribution is 5.78. The maximum Gasteiger partial charge on any atom is 0.305 e. The molecule has 0 aromatic rings. The van der Waals surface area contributed by atoms with Crippen LogP contribution < -0.4 is 12.4 Å². The first kappa shape index (κ1) is 39.2. The van der Waals surface area contributed by atoms with E-state index in [1.807, 2.05) is 0 Å². The van der Waals surface area contributed by atoms with Crippen molar-refractivity contribution in [2.75, 3.05) is 33.3 Å². The highest BCUT2D eigenvalue weighted by Gasteiger charge is 2.26. The summed E-state index contributed by atoms with van der Waals surface area (Å²) in [5.41, 5.74) is 0. The van der Waals surface area contributed by atoms with E-state index in [2.05, 4.69) is 30.4 Å². The molecule has 0 saturated heterocycles. The molecule has 1 heterocycles. The Morgan fingerprint density at radius 2 is 1.05 bits per heavy atom. The van der Waals surface area contributed by atoms with E-state index in [0.717, 1.165) is 26.1 Å². The zero-order valence-corrected chi connectivity index (χ0v) is 28.1. The number of hydrogen-bond acceptors (Lipinski definition) is 3. The molecule has 0 aliphatic carbocycles. The number of ether oxygens (including phenoxy) is 1. The summed E-state index contributed by atoms with van der Waals surface area (Å²) in [6.45, 7) is 8.12. The number of halogens is 1. The molecule has 0 N–H and O–H groups in total. The smallest absolute Gasteiger partial charge is 0.305 e. The van der Waals surface area contributed by atoms with Gasteiger partial charge in [-0.3, -0.25) is 14.3 Å². The molecule has 0 bridgehead atoms. The molecule has 0 unspecified atom stereocenters.